The number of fused-ring (bicyclic) bond motifs is 3. The van der Waals surface area contributed by atoms with Crippen LogP contribution in [0.3, 0.4) is 0 Å². The van der Waals surface area contributed by atoms with Crippen LogP contribution in [0.4, 0.5) is 0 Å². The molecule has 0 unspecified atom stereocenters. The number of hydrogen-bond donors (Lipinski definition) is 1. The minimum Gasteiger partial charge on any atom is -0.436 e. The van der Waals surface area contributed by atoms with Gasteiger partial charge in [0.05, 0.1) is 5.71 Å². The maximum absolute atomic E-state index is 11.8. The first-order valence-electron chi connectivity index (χ1n) is 8.53. The van der Waals surface area contributed by atoms with Crippen LogP contribution in [-0.2, 0) is 4.79 Å². The van der Waals surface area contributed by atoms with Crippen LogP contribution < -0.4 is 5.43 Å². The summed E-state index contributed by atoms with van der Waals surface area (Å²) in [6, 6.07) is 14.1. The fourth-order valence-corrected chi connectivity index (χ4v) is 3.64. The standard InChI is InChI=1S/C20H17N3O2/c1-11-3-2-4-13(7-11)20-21-16-6-5-12(10-17(16)25-20)18-14-8-15(9-14)19(24)23-22-18/h2-7,10,14-15H,8-9H2,1H3,(H,23,24). The van der Waals surface area contributed by atoms with Gasteiger partial charge in [0, 0.05) is 23.0 Å². The Kier molecular flexibility index (Phi) is 3.04. The van der Waals surface area contributed by atoms with Gasteiger partial charge in [-0.15, -0.1) is 0 Å². The van der Waals surface area contributed by atoms with Gasteiger partial charge in [-0.05, 0) is 44.0 Å². The second kappa shape index (κ2) is 5.28. The third-order valence-corrected chi connectivity index (χ3v) is 5.13. The zero-order valence-electron chi connectivity index (χ0n) is 13.8. The van der Waals surface area contributed by atoms with Crippen molar-refractivity contribution in [3.05, 3.63) is 53.6 Å². The van der Waals surface area contributed by atoms with Gasteiger partial charge in [-0.25, -0.2) is 10.4 Å². The van der Waals surface area contributed by atoms with Gasteiger partial charge in [0.2, 0.25) is 11.8 Å². The van der Waals surface area contributed by atoms with Gasteiger partial charge >= 0.3 is 0 Å². The summed E-state index contributed by atoms with van der Waals surface area (Å²) in [6.45, 7) is 2.05. The molecular formula is C20H17N3O2. The number of nitrogens with one attached hydrogen (secondary N) is 1. The lowest BCUT2D eigenvalue weighted by atomic mass is 9.71. The minimum atomic E-state index is 0.0359. The molecule has 6 rings (SSSR count). The Morgan fingerprint density at radius 3 is 2.80 bits per heavy atom. The topological polar surface area (TPSA) is 67.5 Å². The lowest BCUT2D eigenvalue weighted by molar-refractivity contribution is -0.127. The van der Waals surface area contributed by atoms with Gasteiger partial charge < -0.3 is 4.42 Å². The summed E-state index contributed by atoms with van der Waals surface area (Å²) in [5, 5.41) is 4.34. The zero-order valence-corrected chi connectivity index (χ0v) is 13.8. The highest BCUT2D eigenvalue weighted by Crippen LogP contribution is 2.38. The van der Waals surface area contributed by atoms with E-state index in [9.17, 15) is 4.79 Å². The van der Waals surface area contributed by atoms with E-state index in [0.29, 0.717) is 11.8 Å². The van der Waals surface area contributed by atoms with Crippen LogP contribution >= 0.6 is 0 Å². The number of hydrogen-bond acceptors (Lipinski definition) is 4. The molecule has 0 spiro atoms. The fraction of sp³-hybridized carbons (Fsp3) is 0.250. The summed E-state index contributed by atoms with van der Waals surface area (Å²) < 4.78 is 5.99. The zero-order chi connectivity index (χ0) is 17.0. The molecule has 124 valence electrons. The van der Waals surface area contributed by atoms with Crippen molar-refractivity contribution in [2.24, 2.45) is 16.9 Å². The van der Waals surface area contributed by atoms with E-state index in [0.717, 1.165) is 40.8 Å². The lowest BCUT2D eigenvalue weighted by Crippen LogP contribution is -2.35. The van der Waals surface area contributed by atoms with Crippen molar-refractivity contribution >= 4 is 22.7 Å². The second-order valence-electron chi connectivity index (χ2n) is 6.91. The number of benzene rings is 2. The smallest absolute Gasteiger partial charge is 0.243 e. The quantitative estimate of drug-likeness (QED) is 0.779. The number of carbonyl (C=O) groups excluding carboxylic acids is 1. The number of amides is 1. The van der Waals surface area contributed by atoms with Crippen molar-refractivity contribution in [2.75, 3.05) is 0 Å². The molecule has 5 nitrogen and oxygen atoms in total. The molecule has 0 radical (unpaired) electrons. The molecule has 25 heavy (non-hydrogen) atoms. The van der Waals surface area contributed by atoms with E-state index in [2.05, 4.69) is 34.6 Å². The van der Waals surface area contributed by atoms with E-state index in [1.165, 1.54) is 5.56 Å². The van der Waals surface area contributed by atoms with Crippen molar-refractivity contribution in [1.82, 2.24) is 10.4 Å². The molecule has 2 aromatic carbocycles. The molecule has 1 saturated carbocycles. The Morgan fingerprint density at radius 1 is 1.08 bits per heavy atom. The number of rotatable bonds is 2. The highest BCUT2D eigenvalue weighted by molar-refractivity contribution is 6.06. The molecule has 1 N–H and O–H groups in total. The van der Waals surface area contributed by atoms with Gasteiger partial charge in [0.15, 0.2) is 5.58 Å². The van der Waals surface area contributed by atoms with Gasteiger partial charge in [-0.1, -0.05) is 23.8 Å². The van der Waals surface area contributed by atoms with Crippen molar-refractivity contribution in [3.63, 3.8) is 0 Å². The van der Waals surface area contributed by atoms with Crippen molar-refractivity contribution in [2.45, 2.75) is 19.8 Å². The lowest BCUT2D eigenvalue weighted by Gasteiger charge is -2.31. The van der Waals surface area contributed by atoms with Crippen LogP contribution in [0, 0.1) is 18.8 Å². The first-order chi connectivity index (χ1) is 12.2. The van der Waals surface area contributed by atoms with E-state index < -0.39 is 0 Å². The molecule has 2 aliphatic heterocycles. The molecule has 0 atom stereocenters. The number of nitrogens with zero attached hydrogens (tertiary/aromatic N) is 2. The molecule has 0 saturated heterocycles. The van der Waals surface area contributed by atoms with Crippen LogP contribution in [0.15, 0.2) is 52.0 Å². The van der Waals surface area contributed by atoms with Crippen molar-refractivity contribution in [3.8, 4) is 11.5 Å². The molecule has 1 aliphatic carbocycles. The highest BCUT2D eigenvalue weighted by atomic mass is 16.3. The van der Waals surface area contributed by atoms with Gasteiger partial charge in [-0.3, -0.25) is 4.79 Å². The summed E-state index contributed by atoms with van der Waals surface area (Å²) in [5.41, 5.74) is 8.31. The number of carbonyl (C=O) groups is 1. The Hall–Kier alpha value is -2.95. The molecule has 5 heteroatoms. The Bertz CT molecular complexity index is 1030. The first-order valence-corrected chi connectivity index (χ1v) is 8.53. The average molecular weight is 331 g/mol. The highest BCUT2D eigenvalue weighted by Gasteiger charge is 2.40. The van der Waals surface area contributed by atoms with E-state index in [-0.39, 0.29) is 11.8 Å². The number of aromatic nitrogens is 1. The van der Waals surface area contributed by atoms with Crippen molar-refractivity contribution in [1.29, 1.82) is 0 Å². The molecule has 3 aromatic rings. The van der Waals surface area contributed by atoms with E-state index in [1.807, 2.05) is 30.3 Å². The second-order valence-corrected chi connectivity index (χ2v) is 6.91. The number of oxazole rings is 1. The van der Waals surface area contributed by atoms with Crippen LogP contribution in [0.2, 0.25) is 0 Å². The summed E-state index contributed by atoms with van der Waals surface area (Å²) in [6.07, 6.45) is 1.77. The SMILES string of the molecule is Cc1cccc(-c2nc3ccc(C4=NNC(=O)C5CC4C5)cc3o2)c1. The largest absolute Gasteiger partial charge is 0.436 e. The predicted molar refractivity (Wildman–Crippen MR) is 95.1 cm³/mol. The van der Waals surface area contributed by atoms with Crippen LogP contribution in [0.25, 0.3) is 22.6 Å². The summed E-state index contributed by atoms with van der Waals surface area (Å²) in [4.78, 5) is 16.4. The summed E-state index contributed by atoms with van der Waals surface area (Å²) in [7, 11) is 0. The van der Waals surface area contributed by atoms with Crippen LogP contribution in [0.5, 0.6) is 0 Å². The maximum Gasteiger partial charge on any atom is 0.243 e. The summed E-state index contributed by atoms with van der Waals surface area (Å²) >= 11 is 0. The Labute approximate surface area is 144 Å². The third kappa shape index (κ3) is 2.35. The molecule has 3 aliphatic rings. The Morgan fingerprint density at radius 2 is 1.96 bits per heavy atom. The molecule has 2 bridgehead atoms. The van der Waals surface area contributed by atoms with E-state index in [4.69, 9.17) is 4.42 Å². The first kappa shape index (κ1) is 14.4. The predicted octanol–water partition coefficient (Wildman–Crippen LogP) is 3.66. The van der Waals surface area contributed by atoms with Crippen LogP contribution in [0.1, 0.15) is 24.0 Å². The molecule has 1 amide bonds. The van der Waals surface area contributed by atoms with Gasteiger partial charge in [-0.2, -0.15) is 5.10 Å². The van der Waals surface area contributed by atoms with Gasteiger partial charge in [0.25, 0.3) is 0 Å². The number of hydrazone groups is 1. The van der Waals surface area contributed by atoms with Crippen molar-refractivity contribution < 1.29 is 9.21 Å². The molecular weight excluding hydrogens is 314 g/mol. The van der Waals surface area contributed by atoms with E-state index >= 15 is 0 Å². The Balaban J connectivity index is 1.55. The third-order valence-electron chi connectivity index (χ3n) is 5.13. The van der Waals surface area contributed by atoms with E-state index in [1.54, 1.807) is 0 Å². The molecule has 3 heterocycles. The summed E-state index contributed by atoms with van der Waals surface area (Å²) in [5.74, 6) is 1.12. The van der Waals surface area contributed by atoms with Gasteiger partial charge in [0.1, 0.15) is 5.52 Å². The maximum atomic E-state index is 11.8. The van der Waals surface area contributed by atoms with Crippen LogP contribution in [-0.4, -0.2) is 16.6 Å². The fourth-order valence-electron chi connectivity index (χ4n) is 3.64. The molecule has 1 aromatic heterocycles. The molecule has 1 fully saturated rings. The number of aryl methyl sites for hydroxylation is 1. The average Bonchev–Trinajstić information content (AvgIpc) is 2.84. The normalized spacial score (nSPS) is 22.1. The monoisotopic (exact) mass is 331 g/mol. The minimum absolute atomic E-state index is 0.0359.